The van der Waals surface area contributed by atoms with Gasteiger partial charge in [-0.2, -0.15) is 0 Å². The number of hydrogen-bond donors (Lipinski definition) is 3. The van der Waals surface area contributed by atoms with Gasteiger partial charge in [-0.05, 0) is 43.3 Å². The van der Waals surface area contributed by atoms with Crippen molar-refractivity contribution >= 4 is 45.5 Å². The van der Waals surface area contributed by atoms with E-state index in [9.17, 15) is 18.4 Å². The van der Waals surface area contributed by atoms with E-state index in [0.29, 0.717) is 23.1 Å². The molecule has 0 spiro atoms. The van der Waals surface area contributed by atoms with Gasteiger partial charge in [0.25, 0.3) is 5.91 Å². The maximum Gasteiger partial charge on any atom is 0.341 e. The fourth-order valence-corrected chi connectivity index (χ4v) is 3.80. The topological polar surface area (TPSA) is 88.7 Å². The van der Waals surface area contributed by atoms with E-state index in [1.54, 1.807) is 0 Å². The number of esters is 1. The first-order valence-electron chi connectivity index (χ1n) is 8.41. The summed E-state index contributed by atoms with van der Waals surface area (Å²) in [5.74, 6) is -3.07. The minimum Gasteiger partial charge on any atom is -0.481 e. The van der Waals surface area contributed by atoms with Gasteiger partial charge in [-0.25, -0.2) is 13.6 Å². The highest BCUT2D eigenvalue weighted by atomic mass is 32.1. The summed E-state index contributed by atoms with van der Waals surface area (Å²) in [6.45, 7) is 3.28. The second-order valence-electron chi connectivity index (χ2n) is 5.68. The predicted molar refractivity (Wildman–Crippen MR) is 109 cm³/mol. The Labute approximate surface area is 175 Å². The second-order valence-corrected chi connectivity index (χ2v) is 7.31. The summed E-state index contributed by atoms with van der Waals surface area (Å²) in [5.41, 5.74) is 5.98. The Morgan fingerprint density at radius 2 is 1.97 bits per heavy atom. The van der Waals surface area contributed by atoms with Crippen LogP contribution in [0.25, 0.3) is 0 Å². The van der Waals surface area contributed by atoms with Crippen LogP contribution in [-0.2, 0) is 16.0 Å². The molecule has 11 heteroatoms. The van der Waals surface area contributed by atoms with Gasteiger partial charge in [-0.1, -0.05) is 6.92 Å². The van der Waals surface area contributed by atoms with Crippen LogP contribution in [0.3, 0.4) is 0 Å². The van der Waals surface area contributed by atoms with E-state index in [1.807, 2.05) is 13.8 Å². The lowest BCUT2D eigenvalue weighted by atomic mass is 10.1. The molecule has 0 unspecified atom stereocenters. The van der Waals surface area contributed by atoms with Crippen molar-refractivity contribution in [2.24, 2.45) is 0 Å². The number of carbonyl (C=O) groups is 2. The molecule has 7 nitrogen and oxygen atoms in total. The smallest absolute Gasteiger partial charge is 0.341 e. The third-order valence-electron chi connectivity index (χ3n) is 3.75. The predicted octanol–water partition coefficient (Wildman–Crippen LogP) is 3.08. The van der Waals surface area contributed by atoms with Crippen LogP contribution >= 0.6 is 23.6 Å². The highest BCUT2D eigenvalue weighted by molar-refractivity contribution is 7.80. The number of benzene rings is 1. The molecule has 0 bridgehead atoms. The Morgan fingerprint density at radius 1 is 1.24 bits per heavy atom. The molecule has 2 rings (SSSR count). The van der Waals surface area contributed by atoms with Gasteiger partial charge in [0.1, 0.15) is 10.8 Å². The van der Waals surface area contributed by atoms with E-state index in [0.717, 1.165) is 22.6 Å². The first-order chi connectivity index (χ1) is 13.8. The van der Waals surface area contributed by atoms with Crippen LogP contribution < -0.4 is 20.9 Å². The Morgan fingerprint density at radius 3 is 2.59 bits per heavy atom. The van der Waals surface area contributed by atoms with Crippen molar-refractivity contribution in [3.05, 3.63) is 45.8 Å². The number of aryl methyl sites for hydroxylation is 1. The molecule has 0 atom stereocenters. The largest absolute Gasteiger partial charge is 0.481 e. The number of anilines is 1. The molecule has 1 aromatic heterocycles. The number of carbonyl (C=O) groups excluding carboxylic acids is 2. The molecule has 0 aliphatic heterocycles. The summed E-state index contributed by atoms with van der Waals surface area (Å²) >= 11 is 6.45. The standard InChI is InChI=1S/C18H19F2N3O4S2/c1-4-11-9(2)29-16(15(11)17(25)26-3)21-18(28)23-22-14(24)8-27-13-6-5-10(19)7-12(13)20/h5-7H,4,8H2,1-3H3,(H,22,24)(H2,21,23,28). The third-order valence-corrected chi connectivity index (χ3v) is 5.01. The minimum atomic E-state index is -0.918. The van der Waals surface area contributed by atoms with Gasteiger partial charge in [0.2, 0.25) is 0 Å². The number of methoxy groups -OCH3 is 1. The lowest BCUT2D eigenvalue weighted by Crippen LogP contribution is -2.45. The molecule has 0 saturated heterocycles. The van der Waals surface area contributed by atoms with Gasteiger partial charge in [0.05, 0.1) is 12.7 Å². The minimum absolute atomic E-state index is 0.0281. The molecule has 29 heavy (non-hydrogen) atoms. The second kappa shape index (κ2) is 10.1. The lowest BCUT2D eigenvalue weighted by molar-refractivity contribution is -0.123. The van der Waals surface area contributed by atoms with Gasteiger partial charge in [0.15, 0.2) is 23.3 Å². The Kier molecular flexibility index (Phi) is 7.85. The number of nitrogens with one attached hydrogen (secondary N) is 3. The third kappa shape index (κ3) is 5.84. The van der Waals surface area contributed by atoms with Crippen LogP contribution in [0.2, 0.25) is 0 Å². The van der Waals surface area contributed by atoms with Crippen molar-refractivity contribution in [1.82, 2.24) is 10.9 Å². The molecule has 3 N–H and O–H groups in total. The van der Waals surface area contributed by atoms with Crippen molar-refractivity contribution in [2.75, 3.05) is 19.0 Å². The maximum absolute atomic E-state index is 13.5. The van der Waals surface area contributed by atoms with Crippen molar-refractivity contribution in [1.29, 1.82) is 0 Å². The van der Waals surface area contributed by atoms with Crippen LogP contribution in [-0.4, -0.2) is 30.7 Å². The zero-order valence-electron chi connectivity index (χ0n) is 15.9. The van der Waals surface area contributed by atoms with Crippen LogP contribution in [0.4, 0.5) is 13.8 Å². The van der Waals surface area contributed by atoms with E-state index >= 15 is 0 Å². The maximum atomic E-state index is 13.5. The fourth-order valence-electron chi connectivity index (χ4n) is 2.44. The van der Waals surface area contributed by atoms with Gasteiger partial charge < -0.3 is 14.8 Å². The molecule has 0 aliphatic rings. The average Bonchev–Trinajstić information content (AvgIpc) is 2.99. The molecular formula is C18H19F2N3O4S2. The molecule has 0 saturated carbocycles. The first-order valence-corrected chi connectivity index (χ1v) is 9.63. The van der Waals surface area contributed by atoms with Gasteiger partial charge >= 0.3 is 5.97 Å². The summed E-state index contributed by atoms with van der Waals surface area (Å²) in [5, 5.41) is 3.36. The number of hydrogen-bond acceptors (Lipinski definition) is 6. The summed E-state index contributed by atoms with van der Waals surface area (Å²) in [6, 6.07) is 2.74. The van der Waals surface area contributed by atoms with E-state index in [4.69, 9.17) is 21.7 Å². The van der Waals surface area contributed by atoms with Gasteiger partial charge in [0, 0.05) is 10.9 Å². The molecule has 0 radical (unpaired) electrons. The molecule has 2 aromatic rings. The van der Waals surface area contributed by atoms with Crippen LogP contribution in [0.1, 0.15) is 27.7 Å². The number of rotatable bonds is 6. The Bertz CT molecular complexity index is 934. The highest BCUT2D eigenvalue weighted by Gasteiger charge is 2.22. The number of ether oxygens (including phenoxy) is 2. The van der Waals surface area contributed by atoms with Crippen molar-refractivity contribution in [2.45, 2.75) is 20.3 Å². The summed E-state index contributed by atoms with van der Waals surface area (Å²) < 4.78 is 36.1. The van der Waals surface area contributed by atoms with E-state index < -0.39 is 30.1 Å². The lowest BCUT2D eigenvalue weighted by Gasteiger charge is -2.12. The summed E-state index contributed by atoms with van der Waals surface area (Å²) in [7, 11) is 1.29. The summed E-state index contributed by atoms with van der Waals surface area (Å²) in [6.07, 6.45) is 0.642. The van der Waals surface area contributed by atoms with Crippen molar-refractivity contribution in [3.63, 3.8) is 0 Å². The van der Waals surface area contributed by atoms with Gasteiger partial charge in [-0.15, -0.1) is 11.3 Å². The van der Waals surface area contributed by atoms with E-state index in [-0.39, 0.29) is 10.9 Å². The Hall–Kier alpha value is -2.79. The average molecular weight is 443 g/mol. The molecule has 0 fully saturated rings. The first kappa shape index (κ1) is 22.5. The number of hydrazine groups is 1. The molecule has 156 valence electrons. The molecule has 1 heterocycles. The number of thiophene rings is 1. The highest BCUT2D eigenvalue weighted by Crippen LogP contribution is 2.33. The molecule has 0 aliphatic carbocycles. The van der Waals surface area contributed by atoms with Crippen LogP contribution in [0.5, 0.6) is 5.75 Å². The molecule has 1 amide bonds. The van der Waals surface area contributed by atoms with Crippen molar-refractivity contribution in [3.8, 4) is 5.75 Å². The number of thiocarbonyl (C=S) groups is 1. The van der Waals surface area contributed by atoms with E-state index in [2.05, 4.69) is 16.2 Å². The van der Waals surface area contributed by atoms with Crippen LogP contribution in [0, 0.1) is 18.6 Å². The Balaban J connectivity index is 1.91. The van der Waals surface area contributed by atoms with E-state index in [1.165, 1.54) is 18.4 Å². The molecular weight excluding hydrogens is 424 g/mol. The molecule has 1 aromatic carbocycles. The zero-order chi connectivity index (χ0) is 21.6. The number of halogens is 2. The SMILES string of the molecule is CCc1c(C)sc(NC(=S)NNC(=O)COc2ccc(F)cc2F)c1C(=O)OC. The number of amides is 1. The van der Waals surface area contributed by atoms with Crippen molar-refractivity contribution < 1.29 is 27.8 Å². The summed E-state index contributed by atoms with van der Waals surface area (Å²) in [4.78, 5) is 24.8. The van der Waals surface area contributed by atoms with Crippen LogP contribution in [0.15, 0.2) is 18.2 Å². The normalized spacial score (nSPS) is 10.2. The monoisotopic (exact) mass is 443 g/mol. The fraction of sp³-hybridized carbons (Fsp3) is 0.278. The van der Waals surface area contributed by atoms with Gasteiger partial charge in [-0.3, -0.25) is 15.6 Å². The quantitative estimate of drug-likeness (QED) is 0.359. The zero-order valence-corrected chi connectivity index (χ0v) is 17.5.